The van der Waals surface area contributed by atoms with Crippen molar-refractivity contribution in [3.63, 3.8) is 0 Å². The second-order valence-corrected chi connectivity index (χ2v) is 4.65. The van der Waals surface area contributed by atoms with Gasteiger partial charge in [-0.05, 0) is 31.9 Å². The van der Waals surface area contributed by atoms with E-state index in [2.05, 4.69) is 42.1 Å². The number of aryl methyl sites for hydroxylation is 2. The summed E-state index contributed by atoms with van der Waals surface area (Å²) >= 11 is 0. The summed E-state index contributed by atoms with van der Waals surface area (Å²) in [6.07, 6.45) is 2.60. The third-order valence-electron chi connectivity index (χ3n) is 3.42. The third kappa shape index (κ3) is 2.07. The van der Waals surface area contributed by atoms with Gasteiger partial charge in [-0.25, -0.2) is 0 Å². The molecular formula is C12H21N3. The fourth-order valence-electron chi connectivity index (χ4n) is 2.73. The van der Waals surface area contributed by atoms with Gasteiger partial charge in [-0.15, -0.1) is 0 Å². The van der Waals surface area contributed by atoms with Crippen LogP contribution in [0.15, 0.2) is 6.07 Å². The zero-order valence-electron chi connectivity index (χ0n) is 9.95. The van der Waals surface area contributed by atoms with Crippen molar-refractivity contribution in [2.75, 3.05) is 13.1 Å². The van der Waals surface area contributed by atoms with Crippen LogP contribution >= 0.6 is 0 Å². The minimum absolute atomic E-state index is 0.663. The molecule has 0 bridgehead atoms. The topological polar surface area (TPSA) is 29.9 Å². The van der Waals surface area contributed by atoms with Crippen LogP contribution in [0.1, 0.15) is 37.1 Å². The summed E-state index contributed by atoms with van der Waals surface area (Å²) in [7, 11) is 2.06. The van der Waals surface area contributed by atoms with Crippen molar-refractivity contribution < 1.29 is 0 Å². The highest BCUT2D eigenvalue weighted by Crippen LogP contribution is 2.31. The average Bonchev–Trinajstić information content (AvgIpc) is 2.73. The predicted octanol–water partition coefficient (Wildman–Crippen LogP) is 1.83. The number of hydrogen-bond acceptors (Lipinski definition) is 2. The molecule has 0 spiro atoms. The van der Waals surface area contributed by atoms with Crippen molar-refractivity contribution >= 4 is 0 Å². The lowest BCUT2D eigenvalue weighted by atomic mass is 9.89. The van der Waals surface area contributed by atoms with Crippen molar-refractivity contribution in [1.29, 1.82) is 0 Å². The highest BCUT2D eigenvalue weighted by atomic mass is 15.3. The van der Waals surface area contributed by atoms with Crippen molar-refractivity contribution in [3.05, 3.63) is 17.5 Å². The molecule has 2 heterocycles. The Labute approximate surface area is 91.9 Å². The normalized spacial score (nSPS) is 26.1. The minimum atomic E-state index is 0.663. The van der Waals surface area contributed by atoms with Gasteiger partial charge in [0.15, 0.2) is 0 Å². The first-order valence-corrected chi connectivity index (χ1v) is 5.93. The molecule has 1 saturated heterocycles. The Morgan fingerprint density at radius 3 is 2.93 bits per heavy atom. The lowest BCUT2D eigenvalue weighted by Gasteiger charge is -2.17. The molecule has 1 aromatic rings. The van der Waals surface area contributed by atoms with Gasteiger partial charge in [0, 0.05) is 25.2 Å². The summed E-state index contributed by atoms with van der Waals surface area (Å²) < 4.78 is 2.05. The molecule has 0 saturated carbocycles. The molecule has 1 aliphatic rings. The molecule has 2 rings (SSSR count). The van der Waals surface area contributed by atoms with Crippen LogP contribution in [0.3, 0.4) is 0 Å². The molecule has 2 atom stereocenters. The van der Waals surface area contributed by atoms with E-state index in [0.717, 1.165) is 18.2 Å². The van der Waals surface area contributed by atoms with Crippen molar-refractivity contribution in [3.8, 4) is 0 Å². The molecule has 0 unspecified atom stereocenters. The lowest BCUT2D eigenvalue weighted by Crippen LogP contribution is -2.14. The molecule has 0 radical (unpaired) electrons. The molecule has 0 amide bonds. The van der Waals surface area contributed by atoms with Crippen LogP contribution in [-0.4, -0.2) is 22.9 Å². The summed E-state index contributed by atoms with van der Waals surface area (Å²) in [5.74, 6) is 1.46. The Morgan fingerprint density at radius 2 is 2.33 bits per heavy atom. The molecule has 0 aromatic carbocycles. The van der Waals surface area contributed by atoms with Gasteiger partial charge in [0.25, 0.3) is 0 Å². The summed E-state index contributed by atoms with van der Waals surface area (Å²) in [5, 5.41) is 7.94. The van der Waals surface area contributed by atoms with Crippen LogP contribution < -0.4 is 5.32 Å². The van der Waals surface area contributed by atoms with E-state index in [4.69, 9.17) is 0 Å². The van der Waals surface area contributed by atoms with E-state index in [1.165, 1.54) is 25.1 Å². The van der Waals surface area contributed by atoms with Crippen LogP contribution in [0.2, 0.25) is 0 Å². The maximum absolute atomic E-state index is 4.44. The molecule has 1 N–H and O–H groups in total. The third-order valence-corrected chi connectivity index (χ3v) is 3.42. The summed E-state index contributed by atoms with van der Waals surface area (Å²) in [6.45, 7) is 6.62. The van der Waals surface area contributed by atoms with E-state index in [9.17, 15) is 0 Å². The largest absolute Gasteiger partial charge is 0.316 e. The van der Waals surface area contributed by atoms with Gasteiger partial charge < -0.3 is 5.32 Å². The molecular weight excluding hydrogens is 186 g/mol. The SMILES string of the molecule is CCC[C@@H]1CNC[C@H]1c1cc(C)nn1C. The predicted molar refractivity (Wildman–Crippen MR) is 62.0 cm³/mol. The number of rotatable bonds is 3. The van der Waals surface area contributed by atoms with Crippen molar-refractivity contribution in [2.45, 2.75) is 32.6 Å². The van der Waals surface area contributed by atoms with E-state index >= 15 is 0 Å². The minimum Gasteiger partial charge on any atom is -0.316 e. The van der Waals surface area contributed by atoms with Crippen molar-refractivity contribution in [2.24, 2.45) is 13.0 Å². The van der Waals surface area contributed by atoms with E-state index in [0.29, 0.717) is 5.92 Å². The zero-order valence-corrected chi connectivity index (χ0v) is 9.95. The second-order valence-electron chi connectivity index (χ2n) is 4.65. The van der Waals surface area contributed by atoms with Gasteiger partial charge in [0.1, 0.15) is 0 Å². The number of aromatic nitrogens is 2. The summed E-state index contributed by atoms with van der Waals surface area (Å²) in [5.41, 5.74) is 2.53. The Bertz CT molecular complexity index is 330. The summed E-state index contributed by atoms with van der Waals surface area (Å²) in [4.78, 5) is 0. The van der Waals surface area contributed by atoms with Gasteiger partial charge in [-0.2, -0.15) is 5.10 Å². The number of hydrogen-bond donors (Lipinski definition) is 1. The zero-order chi connectivity index (χ0) is 10.8. The first-order valence-electron chi connectivity index (χ1n) is 5.93. The Hall–Kier alpha value is -0.830. The standard InChI is InChI=1S/C12H21N3/c1-4-5-10-7-13-8-11(10)12-6-9(2)14-15(12)3/h6,10-11,13H,4-5,7-8H2,1-3H3/t10-,11-/m1/s1. The fraction of sp³-hybridized carbons (Fsp3) is 0.750. The highest BCUT2D eigenvalue weighted by molar-refractivity contribution is 5.17. The molecule has 3 nitrogen and oxygen atoms in total. The first kappa shape index (κ1) is 10.7. The van der Waals surface area contributed by atoms with E-state index in [1.807, 2.05) is 0 Å². The van der Waals surface area contributed by atoms with Crippen molar-refractivity contribution in [1.82, 2.24) is 15.1 Å². The molecule has 1 aliphatic heterocycles. The van der Waals surface area contributed by atoms with Crippen LogP contribution in [-0.2, 0) is 7.05 Å². The highest BCUT2D eigenvalue weighted by Gasteiger charge is 2.29. The Morgan fingerprint density at radius 1 is 1.53 bits per heavy atom. The van der Waals surface area contributed by atoms with Crippen LogP contribution in [0.4, 0.5) is 0 Å². The maximum atomic E-state index is 4.44. The molecule has 3 heteroatoms. The summed E-state index contributed by atoms with van der Waals surface area (Å²) in [6, 6.07) is 2.24. The smallest absolute Gasteiger partial charge is 0.0596 e. The molecule has 15 heavy (non-hydrogen) atoms. The Balaban J connectivity index is 2.18. The number of nitrogens with one attached hydrogen (secondary N) is 1. The monoisotopic (exact) mass is 207 g/mol. The van der Waals surface area contributed by atoms with E-state index in [-0.39, 0.29) is 0 Å². The van der Waals surface area contributed by atoms with Gasteiger partial charge in [0.2, 0.25) is 0 Å². The van der Waals surface area contributed by atoms with Gasteiger partial charge >= 0.3 is 0 Å². The van der Waals surface area contributed by atoms with E-state index in [1.54, 1.807) is 0 Å². The molecule has 0 aliphatic carbocycles. The van der Waals surface area contributed by atoms with Crippen LogP contribution in [0, 0.1) is 12.8 Å². The number of nitrogens with zero attached hydrogens (tertiary/aromatic N) is 2. The molecule has 84 valence electrons. The average molecular weight is 207 g/mol. The van der Waals surface area contributed by atoms with Crippen LogP contribution in [0.5, 0.6) is 0 Å². The van der Waals surface area contributed by atoms with Gasteiger partial charge in [-0.3, -0.25) is 4.68 Å². The molecule has 1 aromatic heterocycles. The maximum Gasteiger partial charge on any atom is 0.0596 e. The van der Waals surface area contributed by atoms with Gasteiger partial charge in [0.05, 0.1) is 5.69 Å². The Kier molecular flexibility index (Phi) is 3.10. The lowest BCUT2D eigenvalue weighted by molar-refractivity contribution is 0.453. The van der Waals surface area contributed by atoms with E-state index < -0.39 is 0 Å². The van der Waals surface area contributed by atoms with Gasteiger partial charge in [-0.1, -0.05) is 13.3 Å². The quantitative estimate of drug-likeness (QED) is 0.819. The first-order chi connectivity index (χ1) is 7.22. The fourth-order valence-corrected chi connectivity index (χ4v) is 2.73. The molecule has 1 fully saturated rings. The second kappa shape index (κ2) is 4.35. The van der Waals surface area contributed by atoms with Crippen LogP contribution in [0.25, 0.3) is 0 Å².